The van der Waals surface area contributed by atoms with Crippen LogP contribution >= 0.6 is 23.2 Å². The molecule has 0 radical (unpaired) electrons. The normalized spacial score (nSPS) is 11.6. The molecule has 0 saturated carbocycles. The van der Waals surface area contributed by atoms with E-state index < -0.39 is 0 Å². The van der Waals surface area contributed by atoms with Crippen LogP contribution < -0.4 is 19.5 Å². The summed E-state index contributed by atoms with van der Waals surface area (Å²) in [6.07, 6.45) is 0. The van der Waals surface area contributed by atoms with Gasteiger partial charge in [0.15, 0.2) is 11.5 Å². The predicted octanol–water partition coefficient (Wildman–Crippen LogP) is 4.51. The van der Waals surface area contributed by atoms with E-state index in [9.17, 15) is 4.79 Å². The highest BCUT2D eigenvalue weighted by molar-refractivity contribution is 6.35. The number of hydrogen-bond donors (Lipinski definition) is 1. The van der Waals surface area contributed by atoms with Crippen molar-refractivity contribution in [2.45, 2.75) is 13.0 Å². The topological polar surface area (TPSA) is 56.8 Å². The molecule has 7 heteroatoms. The number of amides is 1. The second-order valence-electron chi connectivity index (χ2n) is 5.24. The Morgan fingerprint density at radius 3 is 2.24 bits per heavy atom. The van der Waals surface area contributed by atoms with Crippen molar-refractivity contribution in [3.8, 4) is 17.2 Å². The average Bonchev–Trinajstić information content (AvgIpc) is 2.59. The third kappa shape index (κ3) is 4.11. The summed E-state index contributed by atoms with van der Waals surface area (Å²) in [6.45, 7) is 1.83. The lowest BCUT2D eigenvalue weighted by Crippen LogP contribution is -2.27. The standard InChI is InChI=1S/C18H19Cl2NO4/c1-10(12-6-5-11(19)9-14(12)20)21-18(22)13-7-8-15(23-2)17(25-4)16(13)24-3/h5-10H,1-4H3,(H,21,22)/t10-/m1/s1. The van der Waals surface area contributed by atoms with Crippen LogP contribution in [0.3, 0.4) is 0 Å². The van der Waals surface area contributed by atoms with Gasteiger partial charge in [-0.3, -0.25) is 4.79 Å². The first kappa shape index (κ1) is 19.2. The molecule has 0 fully saturated rings. The molecule has 25 heavy (non-hydrogen) atoms. The van der Waals surface area contributed by atoms with Gasteiger partial charge in [0.1, 0.15) is 0 Å². The number of benzene rings is 2. The fourth-order valence-corrected chi connectivity index (χ4v) is 3.06. The van der Waals surface area contributed by atoms with Crippen LogP contribution in [0.1, 0.15) is 28.9 Å². The number of carbonyl (C=O) groups excluding carboxylic acids is 1. The van der Waals surface area contributed by atoms with Crippen LogP contribution in [-0.2, 0) is 0 Å². The lowest BCUT2D eigenvalue weighted by molar-refractivity contribution is 0.0936. The van der Waals surface area contributed by atoms with Gasteiger partial charge in [-0.2, -0.15) is 0 Å². The predicted molar refractivity (Wildman–Crippen MR) is 98.4 cm³/mol. The molecular formula is C18H19Cl2NO4. The van der Waals surface area contributed by atoms with E-state index in [4.69, 9.17) is 37.4 Å². The molecule has 2 aromatic rings. The Bertz CT molecular complexity index is 780. The number of methoxy groups -OCH3 is 3. The molecule has 1 N–H and O–H groups in total. The summed E-state index contributed by atoms with van der Waals surface area (Å²) in [6, 6.07) is 8.08. The van der Waals surface area contributed by atoms with Crippen molar-refractivity contribution < 1.29 is 19.0 Å². The van der Waals surface area contributed by atoms with Gasteiger partial charge in [0.25, 0.3) is 5.91 Å². The molecule has 0 aliphatic rings. The highest BCUT2D eigenvalue weighted by Crippen LogP contribution is 2.40. The van der Waals surface area contributed by atoms with Gasteiger partial charge < -0.3 is 19.5 Å². The Labute approximate surface area is 156 Å². The number of nitrogens with one attached hydrogen (secondary N) is 1. The lowest BCUT2D eigenvalue weighted by atomic mass is 10.1. The Morgan fingerprint density at radius 1 is 1.00 bits per heavy atom. The summed E-state index contributed by atoms with van der Waals surface area (Å²) >= 11 is 12.1. The SMILES string of the molecule is COc1ccc(C(=O)N[C@H](C)c2ccc(Cl)cc2Cl)c(OC)c1OC. The van der Waals surface area contributed by atoms with E-state index in [1.54, 1.807) is 30.3 Å². The number of hydrogen-bond acceptors (Lipinski definition) is 4. The van der Waals surface area contributed by atoms with Crippen LogP contribution in [0.4, 0.5) is 0 Å². The number of halogens is 2. The summed E-state index contributed by atoms with van der Waals surface area (Å²) in [5, 5.41) is 3.92. The molecule has 2 aromatic carbocycles. The highest BCUT2D eigenvalue weighted by atomic mass is 35.5. The van der Waals surface area contributed by atoms with Crippen LogP contribution in [0.5, 0.6) is 17.2 Å². The van der Waals surface area contributed by atoms with E-state index in [-0.39, 0.29) is 11.9 Å². The molecule has 0 aliphatic carbocycles. The van der Waals surface area contributed by atoms with Crippen LogP contribution in [0.25, 0.3) is 0 Å². The number of ether oxygens (including phenoxy) is 3. The number of rotatable bonds is 6. The molecule has 1 atom stereocenters. The maximum atomic E-state index is 12.7. The van der Waals surface area contributed by atoms with Crippen molar-refractivity contribution >= 4 is 29.1 Å². The number of carbonyl (C=O) groups is 1. The van der Waals surface area contributed by atoms with E-state index in [1.165, 1.54) is 21.3 Å². The van der Waals surface area contributed by atoms with Crippen LogP contribution in [0, 0.1) is 0 Å². The largest absolute Gasteiger partial charge is 0.493 e. The van der Waals surface area contributed by atoms with E-state index >= 15 is 0 Å². The van der Waals surface area contributed by atoms with Gasteiger partial charge in [0.2, 0.25) is 5.75 Å². The van der Waals surface area contributed by atoms with E-state index in [2.05, 4.69) is 5.32 Å². The zero-order chi connectivity index (χ0) is 18.6. The van der Waals surface area contributed by atoms with Gasteiger partial charge in [0.05, 0.1) is 32.9 Å². The smallest absolute Gasteiger partial charge is 0.255 e. The molecular weight excluding hydrogens is 365 g/mol. The molecule has 0 saturated heterocycles. The lowest BCUT2D eigenvalue weighted by Gasteiger charge is -2.19. The minimum Gasteiger partial charge on any atom is -0.493 e. The van der Waals surface area contributed by atoms with Crippen molar-refractivity contribution in [1.82, 2.24) is 5.32 Å². The molecule has 5 nitrogen and oxygen atoms in total. The fourth-order valence-electron chi connectivity index (χ4n) is 2.48. The molecule has 0 unspecified atom stereocenters. The van der Waals surface area contributed by atoms with Gasteiger partial charge in [0, 0.05) is 10.0 Å². The second-order valence-corrected chi connectivity index (χ2v) is 6.09. The third-order valence-corrected chi connectivity index (χ3v) is 4.29. The van der Waals surface area contributed by atoms with Crippen molar-refractivity contribution in [3.63, 3.8) is 0 Å². The monoisotopic (exact) mass is 383 g/mol. The van der Waals surface area contributed by atoms with Gasteiger partial charge in [-0.15, -0.1) is 0 Å². The molecule has 0 spiro atoms. The molecule has 134 valence electrons. The molecule has 0 aromatic heterocycles. The third-order valence-electron chi connectivity index (χ3n) is 3.73. The van der Waals surface area contributed by atoms with Crippen molar-refractivity contribution in [3.05, 3.63) is 51.5 Å². The highest BCUT2D eigenvalue weighted by Gasteiger charge is 2.22. The first-order valence-electron chi connectivity index (χ1n) is 7.47. The van der Waals surface area contributed by atoms with Crippen molar-refractivity contribution in [1.29, 1.82) is 0 Å². The van der Waals surface area contributed by atoms with E-state index in [0.29, 0.717) is 32.9 Å². The van der Waals surface area contributed by atoms with Crippen molar-refractivity contribution in [2.75, 3.05) is 21.3 Å². The zero-order valence-electron chi connectivity index (χ0n) is 14.4. The minimum atomic E-state index is -0.324. The summed E-state index contributed by atoms with van der Waals surface area (Å²) < 4.78 is 15.9. The Hall–Kier alpha value is -2.11. The Kier molecular flexibility index (Phi) is 6.39. The maximum absolute atomic E-state index is 12.7. The molecule has 1 amide bonds. The summed E-state index contributed by atoms with van der Waals surface area (Å²) in [7, 11) is 4.47. The van der Waals surface area contributed by atoms with E-state index in [0.717, 1.165) is 5.56 Å². The van der Waals surface area contributed by atoms with Gasteiger partial charge in [-0.05, 0) is 36.8 Å². The molecule has 0 aliphatic heterocycles. The summed E-state index contributed by atoms with van der Waals surface area (Å²) in [5.74, 6) is 0.810. The molecule has 0 heterocycles. The maximum Gasteiger partial charge on any atom is 0.255 e. The quantitative estimate of drug-likeness (QED) is 0.796. The zero-order valence-corrected chi connectivity index (χ0v) is 15.9. The molecule has 0 bridgehead atoms. The van der Waals surface area contributed by atoms with Crippen LogP contribution in [-0.4, -0.2) is 27.2 Å². The van der Waals surface area contributed by atoms with Gasteiger partial charge in [-0.1, -0.05) is 29.3 Å². The Morgan fingerprint density at radius 2 is 1.68 bits per heavy atom. The second kappa shape index (κ2) is 8.32. The Balaban J connectivity index is 2.31. The summed E-state index contributed by atoms with van der Waals surface area (Å²) in [5.41, 5.74) is 1.09. The van der Waals surface area contributed by atoms with Gasteiger partial charge in [-0.25, -0.2) is 0 Å². The first-order chi connectivity index (χ1) is 11.9. The van der Waals surface area contributed by atoms with Gasteiger partial charge >= 0.3 is 0 Å². The fraction of sp³-hybridized carbons (Fsp3) is 0.278. The molecule has 2 rings (SSSR count). The van der Waals surface area contributed by atoms with Crippen molar-refractivity contribution in [2.24, 2.45) is 0 Å². The summed E-state index contributed by atoms with van der Waals surface area (Å²) in [4.78, 5) is 12.7. The van der Waals surface area contributed by atoms with Crippen LogP contribution in [0.2, 0.25) is 10.0 Å². The average molecular weight is 384 g/mol. The first-order valence-corrected chi connectivity index (χ1v) is 8.23. The van der Waals surface area contributed by atoms with E-state index in [1.807, 2.05) is 6.92 Å². The van der Waals surface area contributed by atoms with Crippen LogP contribution in [0.15, 0.2) is 30.3 Å². The minimum absolute atomic E-state index is 0.300.